The standard InChI is InChI=1S/C20H27N3O3/c1-19(2,3)22-18(26)20-12-8-7-11-15(20)21-16(24)17(25)23(20)13-14-9-5-4-6-10-14/h4-6,9-10,15H,7-8,11-13H2,1-3H3,(H,21,24)(H,22,26). The highest BCUT2D eigenvalue weighted by Gasteiger charge is 2.58. The topological polar surface area (TPSA) is 78.5 Å². The number of hydrogen-bond acceptors (Lipinski definition) is 3. The second-order valence-corrected chi connectivity index (χ2v) is 8.28. The van der Waals surface area contributed by atoms with E-state index in [1.54, 1.807) is 0 Å². The van der Waals surface area contributed by atoms with Crippen molar-refractivity contribution in [1.29, 1.82) is 0 Å². The van der Waals surface area contributed by atoms with Crippen LogP contribution in [0.4, 0.5) is 0 Å². The average Bonchev–Trinajstić information content (AvgIpc) is 2.58. The predicted octanol–water partition coefficient (Wildman–Crippen LogP) is 1.74. The fraction of sp³-hybridized carbons (Fsp3) is 0.550. The second kappa shape index (κ2) is 6.74. The summed E-state index contributed by atoms with van der Waals surface area (Å²) < 4.78 is 0. The number of nitrogens with one attached hydrogen (secondary N) is 2. The molecule has 3 rings (SSSR count). The lowest BCUT2D eigenvalue weighted by atomic mass is 9.73. The Kier molecular flexibility index (Phi) is 4.78. The monoisotopic (exact) mass is 357 g/mol. The molecule has 2 N–H and O–H groups in total. The van der Waals surface area contributed by atoms with Gasteiger partial charge in [-0.2, -0.15) is 0 Å². The molecule has 26 heavy (non-hydrogen) atoms. The Bertz CT molecular complexity index is 711. The zero-order valence-corrected chi connectivity index (χ0v) is 15.7. The number of nitrogens with zero attached hydrogens (tertiary/aromatic N) is 1. The predicted molar refractivity (Wildman–Crippen MR) is 98.0 cm³/mol. The first-order valence-electron chi connectivity index (χ1n) is 9.23. The summed E-state index contributed by atoms with van der Waals surface area (Å²) in [4.78, 5) is 39.9. The van der Waals surface area contributed by atoms with Crippen LogP contribution >= 0.6 is 0 Å². The maximum atomic E-state index is 13.4. The lowest BCUT2D eigenvalue weighted by Crippen LogP contribution is -2.77. The smallest absolute Gasteiger partial charge is 0.313 e. The molecule has 3 amide bonds. The summed E-state index contributed by atoms with van der Waals surface area (Å²) >= 11 is 0. The molecule has 2 atom stereocenters. The minimum Gasteiger partial charge on any atom is -0.349 e. The summed E-state index contributed by atoms with van der Waals surface area (Å²) in [5, 5.41) is 5.85. The zero-order valence-electron chi connectivity index (χ0n) is 15.7. The molecule has 1 saturated carbocycles. The van der Waals surface area contributed by atoms with Gasteiger partial charge in [-0.1, -0.05) is 43.2 Å². The minimum atomic E-state index is -1.04. The van der Waals surface area contributed by atoms with Gasteiger partial charge in [-0.05, 0) is 39.2 Å². The van der Waals surface area contributed by atoms with Crippen LogP contribution in [0.5, 0.6) is 0 Å². The van der Waals surface area contributed by atoms with Crippen molar-refractivity contribution in [2.24, 2.45) is 0 Å². The summed E-state index contributed by atoms with van der Waals surface area (Å²) in [6.45, 7) is 6.01. The fourth-order valence-electron chi connectivity index (χ4n) is 4.02. The van der Waals surface area contributed by atoms with E-state index in [1.807, 2.05) is 51.1 Å². The van der Waals surface area contributed by atoms with Gasteiger partial charge in [0.15, 0.2) is 0 Å². The van der Waals surface area contributed by atoms with Crippen LogP contribution in [0.2, 0.25) is 0 Å². The Labute approximate surface area is 154 Å². The van der Waals surface area contributed by atoms with Gasteiger partial charge >= 0.3 is 11.8 Å². The van der Waals surface area contributed by atoms with Gasteiger partial charge in [0.2, 0.25) is 5.91 Å². The zero-order chi connectivity index (χ0) is 18.9. The number of hydrogen-bond donors (Lipinski definition) is 2. The fourth-order valence-corrected chi connectivity index (χ4v) is 4.02. The number of fused-ring (bicyclic) bond motifs is 1. The van der Waals surface area contributed by atoms with Crippen LogP contribution in [-0.2, 0) is 20.9 Å². The van der Waals surface area contributed by atoms with E-state index < -0.39 is 22.9 Å². The third-order valence-electron chi connectivity index (χ3n) is 5.17. The maximum Gasteiger partial charge on any atom is 0.313 e. The van der Waals surface area contributed by atoms with Gasteiger partial charge < -0.3 is 15.5 Å². The summed E-state index contributed by atoms with van der Waals surface area (Å²) in [5.74, 6) is -1.43. The summed E-state index contributed by atoms with van der Waals surface area (Å²) in [7, 11) is 0. The highest BCUT2D eigenvalue weighted by Crippen LogP contribution is 2.38. The molecule has 1 heterocycles. The number of piperazine rings is 1. The van der Waals surface area contributed by atoms with Gasteiger partial charge in [-0.3, -0.25) is 14.4 Å². The summed E-state index contributed by atoms with van der Waals surface area (Å²) in [5.41, 5.74) is -0.550. The van der Waals surface area contributed by atoms with Crippen molar-refractivity contribution in [2.75, 3.05) is 0 Å². The molecule has 1 aliphatic carbocycles. The first kappa shape index (κ1) is 18.4. The Morgan fingerprint density at radius 3 is 2.58 bits per heavy atom. The number of amides is 3. The van der Waals surface area contributed by atoms with Crippen molar-refractivity contribution < 1.29 is 14.4 Å². The van der Waals surface area contributed by atoms with E-state index in [4.69, 9.17) is 0 Å². The third-order valence-corrected chi connectivity index (χ3v) is 5.17. The first-order valence-corrected chi connectivity index (χ1v) is 9.23. The molecule has 6 heteroatoms. The second-order valence-electron chi connectivity index (χ2n) is 8.28. The van der Waals surface area contributed by atoms with E-state index in [0.29, 0.717) is 12.8 Å². The van der Waals surface area contributed by atoms with Gasteiger partial charge in [0, 0.05) is 12.1 Å². The SMILES string of the molecule is CC(C)(C)NC(=O)C12CCCCC1NC(=O)C(=O)N2Cc1ccccc1. The van der Waals surface area contributed by atoms with Crippen LogP contribution in [0.15, 0.2) is 30.3 Å². The molecule has 140 valence electrons. The van der Waals surface area contributed by atoms with Crippen LogP contribution < -0.4 is 10.6 Å². The van der Waals surface area contributed by atoms with Crippen molar-refractivity contribution in [1.82, 2.24) is 15.5 Å². The molecule has 2 unspecified atom stereocenters. The van der Waals surface area contributed by atoms with E-state index in [1.165, 1.54) is 4.90 Å². The van der Waals surface area contributed by atoms with Gasteiger partial charge in [-0.25, -0.2) is 0 Å². The van der Waals surface area contributed by atoms with Crippen molar-refractivity contribution >= 4 is 17.7 Å². The van der Waals surface area contributed by atoms with Crippen molar-refractivity contribution in [3.05, 3.63) is 35.9 Å². The quantitative estimate of drug-likeness (QED) is 0.809. The van der Waals surface area contributed by atoms with Gasteiger partial charge in [-0.15, -0.1) is 0 Å². The Morgan fingerprint density at radius 2 is 1.92 bits per heavy atom. The molecule has 1 aliphatic heterocycles. The molecule has 0 bridgehead atoms. The van der Waals surface area contributed by atoms with E-state index in [9.17, 15) is 14.4 Å². The van der Waals surface area contributed by atoms with E-state index >= 15 is 0 Å². The summed E-state index contributed by atoms with van der Waals surface area (Å²) in [6.07, 6.45) is 3.03. The van der Waals surface area contributed by atoms with Crippen LogP contribution in [0, 0.1) is 0 Å². The highest BCUT2D eigenvalue weighted by molar-refractivity contribution is 6.36. The Morgan fingerprint density at radius 1 is 1.23 bits per heavy atom. The molecule has 0 radical (unpaired) electrons. The number of carbonyl (C=O) groups excluding carboxylic acids is 3. The lowest BCUT2D eigenvalue weighted by Gasteiger charge is -2.53. The molecule has 0 spiro atoms. The molecule has 1 saturated heterocycles. The van der Waals surface area contributed by atoms with E-state index in [0.717, 1.165) is 18.4 Å². The summed E-state index contributed by atoms with van der Waals surface area (Å²) in [6, 6.07) is 9.15. The van der Waals surface area contributed by atoms with Crippen molar-refractivity contribution in [3.8, 4) is 0 Å². The lowest BCUT2D eigenvalue weighted by molar-refractivity contribution is -0.166. The maximum absolute atomic E-state index is 13.4. The van der Waals surface area contributed by atoms with Crippen LogP contribution in [0.1, 0.15) is 52.0 Å². The number of carbonyl (C=O) groups is 3. The molecule has 6 nitrogen and oxygen atoms in total. The third kappa shape index (κ3) is 3.32. The Balaban J connectivity index is 2.03. The molecular weight excluding hydrogens is 330 g/mol. The average molecular weight is 357 g/mol. The van der Waals surface area contributed by atoms with Crippen molar-refractivity contribution in [3.63, 3.8) is 0 Å². The van der Waals surface area contributed by atoms with E-state index in [2.05, 4.69) is 10.6 Å². The first-order chi connectivity index (χ1) is 12.2. The van der Waals surface area contributed by atoms with Gasteiger partial charge in [0.25, 0.3) is 0 Å². The van der Waals surface area contributed by atoms with E-state index in [-0.39, 0.29) is 18.5 Å². The molecule has 1 aromatic rings. The van der Waals surface area contributed by atoms with Crippen molar-refractivity contribution in [2.45, 2.75) is 70.1 Å². The molecule has 2 aliphatic rings. The largest absolute Gasteiger partial charge is 0.349 e. The normalized spacial score (nSPS) is 26.1. The molecular formula is C20H27N3O3. The number of benzene rings is 1. The van der Waals surface area contributed by atoms with Crippen LogP contribution in [0.3, 0.4) is 0 Å². The van der Waals surface area contributed by atoms with Crippen LogP contribution in [-0.4, -0.2) is 39.7 Å². The molecule has 1 aromatic carbocycles. The molecule has 2 fully saturated rings. The van der Waals surface area contributed by atoms with Gasteiger partial charge in [0.1, 0.15) is 5.54 Å². The van der Waals surface area contributed by atoms with Gasteiger partial charge in [0.05, 0.1) is 6.04 Å². The number of rotatable bonds is 3. The Hall–Kier alpha value is -2.37. The highest BCUT2D eigenvalue weighted by atomic mass is 16.2. The van der Waals surface area contributed by atoms with Crippen LogP contribution in [0.25, 0.3) is 0 Å². The minimum absolute atomic E-state index is 0.181. The molecule has 0 aromatic heterocycles.